The number of amides is 1. The van der Waals surface area contributed by atoms with Crippen molar-refractivity contribution >= 4 is 17.5 Å². The number of piperidine rings is 1. The molecule has 1 aliphatic rings. The maximum atomic E-state index is 13.7. The molecule has 2 aromatic carbocycles. The number of benzene rings is 2. The van der Waals surface area contributed by atoms with E-state index in [1.54, 1.807) is 36.1 Å². The Morgan fingerprint density at radius 2 is 1.89 bits per heavy atom. The van der Waals surface area contributed by atoms with Crippen molar-refractivity contribution < 1.29 is 13.7 Å². The molecule has 2 heterocycles. The third-order valence-corrected chi connectivity index (χ3v) is 5.35. The normalized spacial score (nSPS) is 15.0. The molecule has 1 saturated heterocycles. The Kier molecular flexibility index (Phi) is 5.13. The van der Waals surface area contributed by atoms with Gasteiger partial charge in [-0.2, -0.15) is 4.98 Å². The summed E-state index contributed by atoms with van der Waals surface area (Å²) < 4.78 is 19.2. The second kappa shape index (κ2) is 7.72. The van der Waals surface area contributed by atoms with Crippen molar-refractivity contribution in [3.05, 3.63) is 70.3 Å². The maximum absolute atomic E-state index is 13.7. The van der Waals surface area contributed by atoms with E-state index in [1.807, 2.05) is 12.1 Å². The predicted molar refractivity (Wildman–Crippen MR) is 104 cm³/mol. The molecule has 144 valence electrons. The smallest absolute Gasteiger partial charge is 0.253 e. The summed E-state index contributed by atoms with van der Waals surface area (Å²) >= 11 is 5.91. The molecule has 1 aromatic heterocycles. The second-order valence-electron chi connectivity index (χ2n) is 6.99. The van der Waals surface area contributed by atoms with E-state index < -0.39 is 0 Å². The lowest BCUT2D eigenvalue weighted by atomic mass is 9.96. The van der Waals surface area contributed by atoms with E-state index in [0.717, 1.165) is 18.4 Å². The maximum Gasteiger partial charge on any atom is 0.253 e. The van der Waals surface area contributed by atoms with Gasteiger partial charge in [0.05, 0.1) is 0 Å². The fraction of sp³-hybridized carbons (Fsp3) is 0.286. The first-order valence-electron chi connectivity index (χ1n) is 9.16. The Morgan fingerprint density at radius 3 is 2.57 bits per heavy atom. The predicted octanol–water partition coefficient (Wildman–Crippen LogP) is 4.86. The van der Waals surface area contributed by atoms with Crippen LogP contribution >= 0.6 is 11.6 Å². The van der Waals surface area contributed by atoms with Gasteiger partial charge in [0.1, 0.15) is 5.82 Å². The van der Waals surface area contributed by atoms with Crippen LogP contribution in [0.5, 0.6) is 0 Å². The molecule has 0 atom stereocenters. The molecule has 0 unspecified atom stereocenters. The summed E-state index contributed by atoms with van der Waals surface area (Å²) in [5.41, 5.74) is 1.75. The lowest BCUT2D eigenvalue weighted by Crippen LogP contribution is -2.38. The van der Waals surface area contributed by atoms with E-state index in [1.165, 1.54) is 6.07 Å². The zero-order chi connectivity index (χ0) is 19.7. The number of carbonyl (C=O) groups is 1. The van der Waals surface area contributed by atoms with Crippen LogP contribution in [0.15, 0.2) is 47.0 Å². The monoisotopic (exact) mass is 399 g/mol. The summed E-state index contributed by atoms with van der Waals surface area (Å²) in [6.07, 6.45) is 1.45. The molecule has 0 radical (unpaired) electrons. The molecule has 0 bridgehead atoms. The van der Waals surface area contributed by atoms with Gasteiger partial charge in [-0.15, -0.1) is 0 Å². The highest BCUT2D eigenvalue weighted by Crippen LogP contribution is 2.29. The van der Waals surface area contributed by atoms with E-state index in [2.05, 4.69) is 10.1 Å². The van der Waals surface area contributed by atoms with Gasteiger partial charge in [-0.3, -0.25) is 4.79 Å². The molecular weight excluding hydrogens is 381 g/mol. The van der Waals surface area contributed by atoms with E-state index in [0.29, 0.717) is 41.0 Å². The number of hydrogen-bond acceptors (Lipinski definition) is 4. The zero-order valence-electron chi connectivity index (χ0n) is 15.4. The number of halogens is 2. The minimum Gasteiger partial charge on any atom is -0.339 e. The van der Waals surface area contributed by atoms with Crippen molar-refractivity contribution in [1.82, 2.24) is 15.0 Å². The molecular formula is C21H19ClFN3O2. The van der Waals surface area contributed by atoms with Gasteiger partial charge in [0.2, 0.25) is 11.7 Å². The Balaban J connectivity index is 1.41. The summed E-state index contributed by atoms with van der Waals surface area (Å²) in [5, 5.41) is 4.71. The third-order valence-electron chi connectivity index (χ3n) is 5.09. The summed E-state index contributed by atoms with van der Waals surface area (Å²) in [6.45, 7) is 2.81. The number of carbonyl (C=O) groups excluding carboxylic acids is 1. The number of aromatic nitrogens is 2. The Labute approximate surface area is 167 Å². The molecule has 0 spiro atoms. The standard InChI is InChI=1S/C21H19ClFN3O2/c1-13-2-3-16(12-18(13)23)21(27)26-10-8-15(9-11-26)20-24-19(25-28-20)14-4-6-17(22)7-5-14/h2-7,12,15H,8-11H2,1H3. The fourth-order valence-corrected chi connectivity index (χ4v) is 3.48. The molecule has 28 heavy (non-hydrogen) atoms. The number of rotatable bonds is 3. The Bertz CT molecular complexity index is 995. The minimum atomic E-state index is -0.360. The number of nitrogens with zero attached hydrogens (tertiary/aromatic N) is 3. The molecule has 3 aromatic rings. The van der Waals surface area contributed by atoms with E-state index >= 15 is 0 Å². The molecule has 0 saturated carbocycles. The van der Waals surface area contributed by atoms with Gasteiger partial charge in [0.15, 0.2) is 0 Å². The van der Waals surface area contributed by atoms with E-state index in [4.69, 9.17) is 16.1 Å². The summed E-state index contributed by atoms with van der Waals surface area (Å²) in [7, 11) is 0. The van der Waals surface area contributed by atoms with Crippen LogP contribution in [0.25, 0.3) is 11.4 Å². The molecule has 0 N–H and O–H groups in total. The van der Waals surface area contributed by atoms with Crippen LogP contribution in [0, 0.1) is 12.7 Å². The van der Waals surface area contributed by atoms with Crippen molar-refractivity contribution in [1.29, 1.82) is 0 Å². The average Bonchev–Trinajstić information content (AvgIpc) is 3.20. The third kappa shape index (κ3) is 3.78. The minimum absolute atomic E-state index is 0.104. The van der Waals surface area contributed by atoms with Crippen LogP contribution in [-0.2, 0) is 0 Å². The van der Waals surface area contributed by atoms with E-state index in [9.17, 15) is 9.18 Å². The summed E-state index contributed by atoms with van der Waals surface area (Å²) in [5.74, 6) is 0.706. The molecule has 1 amide bonds. The van der Waals surface area contributed by atoms with Crippen LogP contribution in [0.1, 0.15) is 40.6 Å². The van der Waals surface area contributed by atoms with Gasteiger partial charge in [-0.1, -0.05) is 22.8 Å². The van der Waals surface area contributed by atoms with Crippen molar-refractivity contribution in [3.8, 4) is 11.4 Å². The van der Waals surface area contributed by atoms with Crippen molar-refractivity contribution in [2.45, 2.75) is 25.7 Å². The second-order valence-corrected chi connectivity index (χ2v) is 7.43. The van der Waals surface area contributed by atoms with Crippen molar-refractivity contribution in [2.24, 2.45) is 0 Å². The molecule has 1 fully saturated rings. The molecule has 7 heteroatoms. The zero-order valence-corrected chi connectivity index (χ0v) is 16.1. The Hall–Kier alpha value is -2.73. The van der Waals surface area contributed by atoms with Gasteiger partial charge >= 0.3 is 0 Å². The van der Waals surface area contributed by atoms with Crippen molar-refractivity contribution in [3.63, 3.8) is 0 Å². The number of hydrogen-bond donors (Lipinski definition) is 0. The highest BCUT2D eigenvalue weighted by atomic mass is 35.5. The van der Waals surface area contributed by atoms with Crippen LogP contribution in [0.3, 0.4) is 0 Å². The highest BCUT2D eigenvalue weighted by Gasteiger charge is 2.28. The Morgan fingerprint density at radius 1 is 1.18 bits per heavy atom. The topological polar surface area (TPSA) is 59.2 Å². The van der Waals surface area contributed by atoms with Crippen LogP contribution < -0.4 is 0 Å². The van der Waals surface area contributed by atoms with Gasteiger partial charge < -0.3 is 9.42 Å². The SMILES string of the molecule is Cc1ccc(C(=O)N2CCC(c3nc(-c4ccc(Cl)cc4)no3)CC2)cc1F. The van der Waals surface area contributed by atoms with Gasteiger partial charge in [0.25, 0.3) is 5.91 Å². The first-order chi connectivity index (χ1) is 13.5. The molecule has 4 rings (SSSR count). The average molecular weight is 400 g/mol. The van der Waals surface area contributed by atoms with Crippen molar-refractivity contribution in [2.75, 3.05) is 13.1 Å². The fourth-order valence-electron chi connectivity index (χ4n) is 3.36. The molecule has 5 nitrogen and oxygen atoms in total. The lowest BCUT2D eigenvalue weighted by Gasteiger charge is -2.30. The van der Waals surface area contributed by atoms with Crippen LogP contribution in [0.2, 0.25) is 5.02 Å². The summed E-state index contributed by atoms with van der Waals surface area (Å²) in [6, 6.07) is 11.9. The number of likely N-dealkylation sites (tertiary alicyclic amines) is 1. The number of aryl methyl sites for hydroxylation is 1. The quantitative estimate of drug-likeness (QED) is 0.631. The highest BCUT2D eigenvalue weighted by molar-refractivity contribution is 6.30. The molecule has 1 aliphatic heterocycles. The van der Waals surface area contributed by atoms with E-state index in [-0.39, 0.29) is 17.6 Å². The summed E-state index contributed by atoms with van der Waals surface area (Å²) in [4.78, 5) is 18.9. The van der Waals surface area contributed by atoms with Gasteiger partial charge in [-0.25, -0.2) is 4.39 Å². The first-order valence-corrected chi connectivity index (χ1v) is 9.54. The van der Waals surface area contributed by atoms with Crippen LogP contribution in [0.4, 0.5) is 4.39 Å². The lowest BCUT2D eigenvalue weighted by molar-refractivity contribution is 0.0704. The first kappa shape index (κ1) is 18.6. The van der Waals surface area contributed by atoms with Gasteiger partial charge in [-0.05, 0) is 61.7 Å². The van der Waals surface area contributed by atoms with Crippen LogP contribution in [-0.4, -0.2) is 34.0 Å². The molecule has 0 aliphatic carbocycles. The largest absolute Gasteiger partial charge is 0.339 e. The van der Waals surface area contributed by atoms with Gasteiger partial charge in [0, 0.05) is 35.2 Å².